The molecule has 0 radical (unpaired) electrons. The van der Waals surface area contributed by atoms with E-state index in [2.05, 4.69) is 30.3 Å². The highest BCUT2D eigenvalue weighted by molar-refractivity contribution is 6.02. The van der Waals surface area contributed by atoms with Crippen molar-refractivity contribution in [3.63, 3.8) is 0 Å². The molecule has 3 aliphatic heterocycles. The highest BCUT2D eigenvalue weighted by Crippen LogP contribution is 2.44. The second kappa shape index (κ2) is 7.78. The molecule has 2 aromatic rings. The molecule has 5 heteroatoms. The molecule has 0 spiro atoms. The number of carbonyl (C=O) groups is 2. The summed E-state index contributed by atoms with van der Waals surface area (Å²) in [6.07, 6.45) is 5.79. The van der Waals surface area contributed by atoms with E-state index in [0.717, 1.165) is 55.3 Å². The van der Waals surface area contributed by atoms with Crippen LogP contribution in [0.25, 0.3) is 16.3 Å². The van der Waals surface area contributed by atoms with Crippen LogP contribution in [-0.2, 0) is 9.53 Å². The van der Waals surface area contributed by atoms with E-state index < -0.39 is 0 Å². The Kier molecular flexibility index (Phi) is 4.97. The van der Waals surface area contributed by atoms with Crippen LogP contribution in [0.2, 0.25) is 0 Å². The van der Waals surface area contributed by atoms with Crippen LogP contribution in [0.4, 0.5) is 4.79 Å². The number of benzene rings is 2. The van der Waals surface area contributed by atoms with E-state index in [1.54, 1.807) is 0 Å². The quantitative estimate of drug-likeness (QED) is 0.687. The molecule has 5 rings (SSSR count). The lowest BCUT2D eigenvalue weighted by Gasteiger charge is -2.41. The summed E-state index contributed by atoms with van der Waals surface area (Å²) in [5.74, 6) is -0.306. The second-order valence-electron chi connectivity index (χ2n) is 8.63. The molecule has 0 unspecified atom stereocenters. The minimum absolute atomic E-state index is 0.0983. The molecular formula is C25H28N2O3. The van der Waals surface area contributed by atoms with Crippen molar-refractivity contribution in [3.8, 4) is 0 Å². The molecule has 2 aromatic carbocycles. The number of urea groups is 1. The predicted molar refractivity (Wildman–Crippen MR) is 117 cm³/mol. The summed E-state index contributed by atoms with van der Waals surface area (Å²) in [5, 5.41) is 2.34. The molecule has 0 aromatic heterocycles. The van der Waals surface area contributed by atoms with E-state index in [1.165, 1.54) is 18.9 Å². The van der Waals surface area contributed by atoms with Crippen molar-refractivity contribution in [2.45, 2.75) is 50.6 Å². The van der Waals surface area contributed by atoms with Gasteiger partial charge in [0.1, 0.15) is 0 Å². The van der Waals surface area contributed by atoms with Crippen LogP contribution in [0, 0.1) is 0 Å². The Morgan fingerprint density at radius 1 is 0.967 bits per heavy atom. The van der Waals surface area contributed by atoms with Crippen LogP contribution >= 0.6 is 0 Å². The van der Waals surface area contributed by atoms with E-state index in [4.69, 9.17) is 4.74 Å². The summed E-state index contributed by atoms with van der Waals surface area (Å²) in [6.45, 7) is 1.65. The van der Waals surface area contributed by atoms with Crippen molar-refractivity contribution < 1.29 is 14.3 Å². The van der Waals surface area contributed by atoms with Gasteiger partial charge in [-0.3, -0.25) is 0 Å². The Hall–Kier alpha value is -2.82. The number of ether oxygens (including phenoxy) is 1. The molecule has 2 amide bonds. The van der Waals surface area contributed by atoms with Gasteiger partial charge in [0, 0.05) is 19.1 Å². The lowest BCUT2D eigenvalue weighted by molar-refractivity contribution is -0.136. The zero-order valence-corrected chi connectivity index (χ0v) is 17.5. The third-order valence-corrected chi connectivity index (χ3v) is 6.95. The van der Waals surface area contributed by atoms with Gasteiger partial charge in [0.15, 0.2) is 0 Å². The molecule has 0 N–H and O–H groups in total. The fraction of sp³-hybridized carbons (Fsp3) is 0.440. The minimum atomic E-state index is -0.306. The van der Waals surface area contributed by atoms with Crippen LogP contribution in [0.5, 0.6) is 0 Å². The first-order valence-electron chi connectivity index (χ1n) is 11.0. The Morgan fingerprint density at radius 3 is 2.50 bits per heavy atom. The molecule has 2 bridgehead atoms. The van der Waals surface area contributed by atoms with Crippen molar-refractivity contribution in [1.82, 2.24) is 9.80 Å². The van der Waals surface area contributed by atoms with Crippen LogP contribution in [-0.4, -0.2) is 54.1 Å². The number of amides is 2. The smallest absolute Gasteiger partial charge is 0.336 e. The topological polar surface area (TPSA) is 49.9 Å². The molecule has 2 atom stereocenters. The Morgan fingerprint density at radius 2 is 1.73 bits per heavy atom. The lowest BCUT2D eigenvalue weighted by atomic mass is 9.87. The monoisotopic (exact) mass is 404 g/mol. The van der Waals surface area contributed by atoms with Gasteiger partial charge >= 0.3 is 12.0 Å². The summed E-state index contributed by atoms with van der Waals surface area (Å²) < 4.78 is 5.20. The Bertz CT molecular complexity index is 1020. The third-order valence-electron chi connectivity index (χ3n) is 6.95. The molecule has 3 aliphatic rings. The number of piperidine rings is 1. The van der Waals surface area contributed by atoms with Gasteiger partial charge in [0.2, 0.25) is 0 Å². The lowest BCUT2D eigenvalue weighted by Crippen LogP contribution is -2.53. The standard InChI is InChI=1S/C25H28N2O3/c1-30-24(28)23-21(19-10-9-17-7-3-4-8-18(17)15-19)16-20-11-12-22(23)27(20)25(29)26-13-5-2-6-14-26/h3-4,7-10,15,20,22H,2,5-6,11-14,16H2,1H3/t20-,22+/m0/s1. The predicted octanol–water partition coefficient (Wildman–Crippen LogP) is 4.61. The number of methoxy groups -OCH3 is 1. The maximum atomic E-state index is 13.4. The first-order valence-corrected chi connectivity index (χ1v) is 11.0. The first-order chi connectivity index (χ1) is 14.7. The molecule has 3 heterocycles. The van der Waals surface area contributed by atoms with Gasteiger partial charge in [0.05, 0.1) is 18.7 Å². The summed E-state index contributed by atoms with van der Waals surface area (Å²) in [6, 6.07) is 14.7. The summed E-state index contributed by atoms with van der Waals surface area (Å²) in [7, 11) is 1.44. The maximum Gasteiger partial charge on any atom is 0.336 e. The molecule has 0 aliphatic carbocycles. The molecule has 0 saturated carbocycles. The third kappa shape index (κ3) is 3.17. The van der Waals surface area contributed by atoms with E-state index in [0.29, 0.717) is 12.0 Å². The number of nitrogens with zero attached hydrogens (tertiary/aromatic N) is 2. The number of likely N-dealkylation sites (tertiary alicyclic amines) is 1. The number of esters is 1. The molecule has 156 valence electrons. The maximum absolute atomic E-state index is 13.4. The van der Waals surface area contributed by atoms with Gasteiger partial charge in [-0.2, -0.15) is 0 Å². The summed E-state index contributed by atoms with van der Waals surface area (Å²) >= 11 is 0. The highest BCUT2D eigenvalue weighted by Gasteiger charge is 2.47. The molecule has 5 nitrogen and oxygen atoms in total. The average Bonchev–Trinajstić information content (AvgIpc) is 3.11. The van der Waals surface area contributed by atoms with Crippen molar-refractivity contribution >= 4 is 28.3 Å². The molecule has 2 saturated heterocycles. The van der Waals surface area contributed by atoms with Crippen molar-refractivity contribution in [3.05, 3.63) is 53.6 Å². The zero-order valence-electron chi connectivity index (χ0n) is 17.5. The van der Waals surface area contributed by atoms with Crippen molar-refractivity contribution in [2.24, 2.45) is 0 Å². The van der Waals surface area contributed by atoms with Crippen LogP contribution in [0.1, 0.15) is 44.1 Å². The normalized spacial score (nSPS) is 23.8. The van der Waals surface area contributed by atoms with Gasteiger partial charge in [0.25, 0.3) is 0 Å². The number of rotatable bonds is 2. The SMILES string of the molecule is COC(=O)C1=C(c2ccc3ccccc3c2)C[C@@H]2CC[C@H]1N2C(=O)N1CCCCC1. The Balaban J connectivity index is 1.56. The van der Waals surface area contributed by atoms with E-state index in [1.807, 2.05) is 21.9 Å². The summed E-state index contributed by atoms with van der Waals surface area (Å²) in [4.78, 5) is 30.2. The van der Waals surface area contributed by atoms with Crippen molar-refractivity contribution in [1.29, 1.82) is 0 Å². The van der Waals surface area contributed by atoms with Crippen LogP contribution < -0.4 is 0 Å². The average molecular weight is 405 g/mol. The number of fused-ring (bicyclic) bond motifs is 3. The highest BCUT2D eigenvalue weighted by atomic mass is 16.5. The second-order valence-corrected chi connectivity index (χ2v) is 8.63. The largest absolute Gasteiger partial charge is 0.466 e. The van der Waals surface area contributed by atoms with E-state index in [9.17, 15) is 9.59 Å². The Labute approximate surface area is 177 Å². The van der Waals surface area contributed by atoms with Gasteiger partial charge in [-0.15, -0.1) is 0 Å². The first kappa shape index (κ1) is 19.2. The van der Waals surface area contributed by atoms with Gasteiger partial charge in [-0.25, -0.2) is 9.59 Å². The fourth-order valence-electron chi connectivity index (χ4n) is 5.47. The molecular weight excluding hydrogens is 376 g/mol. The number of hydrogen-bond donors (Lipinski definition) is 0. The van der Waals surface area contributed by atoms with Gasteiger partial charge in [-0.05, 0) is 66.5 Å². The number of hydrogen-bond acceptors (Lipinski definition) is 3. The van der Waals surface area contributed by atoms with E-state index >= 15 is 0 Å². The molecule has 30 heavy (non-hydrogen) atoms. The van der Waals surface area contributed by atoms with E-state index in [-0.39, 0.29) is 24.1 Å². The minimum Gasteiger partial charge on any atom is -0.466 e. The van der Waals surface area contributed by atoms with Crippen LogP contribution in [0.3, 0.4) is 0 Å². The number of carbonyl (C=O) groups excluding carboxylic acids is 2. The van der Waals surface area contributed by atoms with Gasteiger partial charge < -0.3 is 14.5 Å². The fourth-order valence-corrected chi connectivity index (χ4v) is 5.47. The van der Waals surface area contributed by atoms with Crippen LogP contribution in [0.15, 0.2) is 48.0 Å². The molecule has 2 fully saturated rings. The van der Waals surface area contributed by atoms with Crippen molar-refractivity contribution in [2.75, 3.05) is 20.2 Å². The zero-order chi connectivity index (χ0) is 20.7. The van der Waals surface area contributed by atoms with Gasteiger partial charge in [-0.1, -0.05) is 36.4 Å². The summed E-state index contributed by atoms with van der Waals surface area (Å²) in [5.41, 5.74) is 2.78.